The standard InChI is InChI=1S/C19H28N2O3S/c1-19(2,3)9-15(22)20-17-16(13-7-5-6-8-14(13)25-17)18(23)21-10-12(11-21)24-4/h12H,5-11H2,1-4H3,(H,20,22). The molecular formula is C19H28N2O3S. The number of methoxy groups -OCH3 is 1. The van der Waals surface area contributed by atoms with E-state index in [0.29, 0.717) is 19.5 Å². The van der Waals surface area contributed by atoms with Gasteiger partial charge in [0.1, 0.15) is 5.00 Å². The van der Waals surface area contributed by atoms with Crippen LogP contribution in [0.4, 0.5) is 5.00 Å². The van der Waals surface area contributed by atoms with Crippen molar-refractivity contribution in [3.05, 3.63) is 16.0 Å². The van der Waals surface area contributed by atoms with Gasteiger partial charge in [0.15, 0.2) is 0 Å². The summed E-state index contributed by atoms with van der Waals surface area (Å²) in [6, 6.07) is 0. The predicted octanol–water partition coefficient (Wildman–Crippen LogP) is 3.47. The number of carbonyl (C=O) groups excluding carboxylic acids is 2. The van der Waals surface area contributed by atoms with Crippen LogP contribution in [0.2, 0.25) is 0 Å². The van der Waals surface area contributed by atoms with Crippen LogP contribution in [0.5, 0.6) is 0 Å². The van der Waals surface area contributed by atoms with Crippen LogP contribution in [0, 0.1) is 5.41 Å². The number of likely N-dealkylation sites (tertiary alicyclic amines) is 1. The summed E-state index contributed by atoms with van der Waals surface area (Å²) in [7, 11) is 1.68. The number of carbonyl (C=O) groups is 2. The molecule has 0 radical (unpaired) electrons. The first kappa shape index (κ1) is 18.4. The maximum atomic E-state index is 13.0. The first-order valence-electron chi connectivity index (χ1n) is 9.05. The SMILES string of the molecule is COC1CN(C(=O)c2c(NC(=O)CC(C)(C)C)sc3c2CCCC3)C1. The maximum Gasteiger partial charge on any atom is 0.257 e. The highest BCUT2D eigenvalue weighted by atomic mass is 32.1. The average molecular weight is 365 g/mol. The molecule has 1 aromatic heterocycles. The molecule has 1 aliphatic heterocycles. The lowest BCUT2D eigenvalue weighted by Gasteiger charge is -2.38. The summed E-state index contributed by atoms with van der Waals surface area (Å²) in [5.74, 6) is 0.0253. The normalized spacial score (nSPS) is 17.8. The third kappa shape index (κ3) is 4.06. The van der Waals surface area contributed by atoms with Crippen LogP contribution in [0.25, 0.3) is 0 Å². The molecule has 0 saturated carbocycles. The zero-order valence-electron chi connectivity index (χ0n) is 15.6. The first-order chi connectivity index (χ1) is 11.8. The molecule has 1 saturated heterocycles. The largest absolute Gasteiger partial charge is 0.378 e. The van der Waals surface area contributed by atoms with E-state index in [1.165, 1.54) is 4.88 Å². The number of anilines is 1. The van der Waals surface area contributed by atoms with Crippen LogP contribution in [0.1, 0.15) is 60.8 Å². The zero-order chi connectivity index (χ0) is 18.2. The second-order valence-electron chi connectivity index (χ2n) is 8.27. The highest BCUT2D eigenvalue weighted by molar-refractivity contribution is 7.17. The van der Waals surface area contributed by atoms with Gasteiger partial charge in [0, 0.05) is 31.5 Å². The number of nitrogens with zero attached hydrogens (tertiary/aromatic N) is 1. The van der Waals surface area contributed by atoms with Gasteiger partial charge in [-0.2, -0.15) is 0 Å². The summed E-state index contributed by atoms with van der Waals surface area (Å²) in [4.78, 5) is 28.5. The van der Waals surface area contributed by atoms with Gasteiger partial charge in [-0.1, -0.05) is 20.8 Å². The summed E-state index contributed by atoms with van der Waals surface area (Å²) in [5.41, 5.74) is 1.82. The van der Waals surface area contributed by atoms with Gasteiger partial charge in [-0.25, -0.2) is 0 Å². The van der Waals surface area contributed by atoms with Gasteiger partial charge >= 0.3 is 0 Å². The van der Waals surface area contributed by atoms with E-state index < -0.39 is 0 Å². The Morgan fingerprint density at radius 1 is 1.24 bits per heavy atom. The molecule has 1 aliphatic carbocycles. The van der Waals surface area contributed by atoms with Gasteiger partial charge in [0.25, 0.3) is 5.91 Å². The molecule has 3 rings (SSSR count). The van der Waals surface area contributed by atoms with Crippen molar-refractivity contribution in [3.63, 3.8) is 0 Å². The number of rotatable bonds is 4. The quantitative estimate of drug-likeness (QED) is 0.890. The molecule has 0 spiro atoms. The third-order valence-corrected chi connectivity index (χ3v) is 6.00. The number of thiophene rings is 1. The molecule has 2 amide bonds. The van der Waals surface area contributed by atoms with Crippen molar-refractivity contribution in [2.75, 3.05) is 25.5 Å². The van der Waals surface area contributed by atoms with Crippen molar-refractivity contribution in [3.8, 4) is 0 Å². The number of nitrogens with one attached hydrogen (secondary N) is 1. The number of hydrogen-bond donors (Lipinski definition) is 1. The fourth-order valence-corrected chi connectivity index (χ4v) is 4.74. The Balaban J connectivity index is 1.83. The van der Waals surface area contributed by atoms with E-state index in [9.17, 15) is 9.59 Å². The van der Waals surface area contributed by atoms with E-state index in [0.717, 1.165) is 41.8 Å². The Bertz CT molecular complexity index is 669. The molecule has 25 heavy (non-hydrogen) atoms. The minimum atomic E-state index is -0.0751. The van der Waals surface area contributed by atoms with Crippen molar-refractivity contribution >= 4 is 28.2 Å². The van der Waals surface area contributed by atoms with Gasteiger partial charge in [-0.05, 0) is 36.7 Å². The lowest BCUT2D eigenvalue weighted by Crippen LogP contribution is -2.54. The summed E-state index contributed by atoms with van der Waals surface area (Å²) >= 11 is 1.59. The lowest BCUT2D eigenvalue weighted by atomic mass is 9.92. The van der Waals surface area contributed by atoms with E-state index in [1.54, 1.807) is 18.4 Å². The molecule has 2 aliphatic rings. The molecule has 1 fully saturated rings. The number of ether oxygens (including phenoxy) is 1. The second-order valence-corrected chi connectivity index (χ2v) is 9.37. The molecule has 6 heteroatoms. The molecule has 5 nitrogen and oxygen atoms in total. The van der Waals surface area contributed by atoms with E-state index in [-0.39, 0.29) is 23.3 Å². The van der Waals surface area contributed by atoms with Crippen LogP contribution >= 0.6 is 11.3 Å². The van der Waals surface area contributed by atoms with Crippen molar-refractivity contribution in [1.29, 1.82) is 0 Å². The first-order valence-corrected chi connectivity index (χ1v) is 9.86. The summed E-state index contributed by atoms with van der Waals surface area (Å²) in [6.45, 7) is 7.40. The van der Waals surface area contributed by atoms with Crippen LogP contribution in [0.15, 0.2) is 0 Å². The van der Waals surface area contributed by atoms with Gasteiger partial charge in [-0.3, -0.25) is 9.59 Å². The van der Waals surface area contributed by atoms with Crippen molar-refractivity contribution in [1.82, 2.24) is 4.90 Å². The highest BCUT2D eigenvalue weighted by Crippen LogP contribution is 2.39. The highest BCUT2D eigenvalue weighted by Gasteiger charge is 2.35. The monoisotopic (exact) mass is 364 g/mol. The fourth-order valence-electron chi connectivity index (χ4n) is 3.44. The predicted molar refractivity (Wildman–Crippen MR) is 100 cm³/mol. The van der Waals surface area contributed by atoms with Crippen molar-refractivity contribution < 1.29 is 14.3 Å². The molecule has 2 heterocycles. The third-order valence-electron chi connectivity index (χ3n) is 4.80. The number of hydrogen-bond acceptors (Lipinski definition) is 4. The van der Waals surface area contributed by atoms with Gasteiger partial charge in [0.2, 0.25) is 5.91 Å². The van der Waals surface area contributed by atoms with Crippen LogP contribution in [0.3, 0.4) is 0 Å². The van der Waals surface area contributed by atoms with E-state index in [2.05, 4.69) is 5.32 Å². The van der Waals surface area contributed by atoms with E-state index in [1.807, 2.05) is 25.7 Å². The smallest absolute Gasteiger partial charge is 0.257 e. The topological polar surface area (TPSA) is 58.6 Å². The minimum absolute atomic E-state index is 0.0153. The Hall–Kier alpha value is -1.40. The summed E-state index contributed by atoms with van der Waals surface area (Å²) < 4.78 is 5.29. The summed E-state index contributed by atoms with van der Waals surface area (Å²) in [6.07, 6.45) is 4.79. The zero-order valence-corrected chi connectivity index (χ0v) is 16.4. The Labute approximate surface area is 153 Å². The van der Waals surface area contributed by atoms with Gasteiger partial charge in [0.05, 0.1) is 11.7 Å². The maximum absolute atomic E-state index is 13.0. The van der Waals surface area contributed by atoms with E-state index >= 15 is 0 Å². The average Bonchev–Trinajstić information content (AvgIpc) is 2.81. The Morgan fingerprint density at radius 2 is 1.92 bits per heavy atom. The van der Waals surface area contributed by atoms with Gasteiger partial charge in [-0.15, -0.1) is 11.3 Å². The molecule has 1 N–H and O–H groups in total. The van der Waals surface area contributed by atoms with Crippen molar-refractivity contribution in [2.45, 2.75) is 59.0 Å². The van der Waals surface area contributed by atoms with E-state index in [4.69, 9.17) is 4.74 Å². The fraction of sp³-hybridized carbons (Fsp3) is 0.684. The number of amides is 2. The van der Waals surface area contributed by atoms with Crippen LogP contribution < -0.4 is 5.32 Å². The molecular weight excluding hydrogens is 336 g/mol. The molecule has 0 aromatic carbocycles. The minimum Gasteiger partial charge on any atom is -0.378 e. The van der Waals surface area contributed by atoms with Crippen molar-refractivity contribution in [2.24, 2.45) is 5.41 Å². The van der Waals surface area contributed by atoms with Crippen LogP contribution in [-0.2, 0) is 22.4 Å². The van der Waals surface area contributed by atoms with Crippen LogP contribution in [-0.4, -0.2) is 43.0 Å². The Morgan fingerprint density at radius 3 is 2.56 bits per heavy atom. The number of aryl methyl sites for hydroxylation is 1. The molecule has 138 valence electrons. The Kier molecular flexibility index (Phi) is 5.21. The molecule has 0 bridgehead atoms. The molecule has 0 atom stereocenters. The summed E-state index contributed by atoms with van der Waals surface area (Å²) in [5, 5.41) is 3.78. The van der Waals surface area contributed by atoms with Gasteiger partial charge < -0.3 is 15.0 Å². The molecule has 1 aromatic rings. The second kappa shape index (κ2) is 7.08. The number of fused-ring (bicyclic) bond motifs is 1. The lowest BCUT2D eigenvalue weighted by molar-refractivity contribution is -0.117. The molecule has 0 unspecified atom stereocenters.